The second-order valence-corrected chi connectivity index (χ2v) is 1.62. The molecule has 0 amide bonds. The molecule has 0 saturated heterocycles. The Hall–Kier alpha value is 0.630. The van der Waals surface area contributed by atoms with Crippen LogP contribution in [-0.2, 0) is 15.0 Å². The molecular formula is H4ClO3PS. The molecule has 1 atom stereocenters. The fourth-order valence-corrected chi connectivity index (χ4v) is 0. The predicted molar refractivity (Wildman–Crippen MR) is 28.4 cm³/mol. The SMILES string of the molecule is Cl.O=[SH](=O)OP. The predicted octanol–water partition coefficient (Wildman–Crippen LogP) is -0.259. The zero-order valence-electron chi connectivity index (χ0n) is 2.66. The lowest BCUT2D eigenvalue weighted by molar-refractivity contribution is 0.543. The van der Waals surface area contributed by atoms with E-state index in [2.05, 4.69) is 3.97 Å². The van der Waals surface area contributed by atoms with Gasteiger partial charge in [-0.15, -0.1) is 12.4 Å². The van der Waals surface area contributed by atoms with Crippen molar-refractivity contribution < 1.29 is 12.4 Å². The molecule has 0 aliphatic rings. The fraction of sp³-hybridized carbons (Fsp3) is 0. The minimum absolute atomic E-state index is 0. The summed E-state index contributed by atoms with van der Waals surface area (Å²) in [5.74, 6) is 0. The van der Waals surface area contributed by atoms with Crippen molar-refractivity contribution >= 4 is 32.9 Å². The number of hydrogen-bond acceptors (Lipinski definition) is 3. The molecular weight excluding hydrogens is 146 g/mol. The summed E-state index contributed by atoms with van der Waals surface area (Å²) in [6, 6.07) is 0. The average molecular weight is 151 g/mol. The Labute approximate surface area is 45.9 Å². The van der Waals surface area contributed by atoms with Crippen LogP contribution in [0.5, 0.6) is 0 Å². The number of rotatable bonds is 1. The molecule has 0 aromatic heterocycles. The Morgan fingerprint density at radius 3 is 1.67 bits per heavy atom. The third kappa shape index (κ3) is 8.82. The topological polar surface area (TPSA) is 43.4 Å². The highest BCUT2D eigenvalue weighted by molar-refractivity contribution is 7.70. The molecule has 0 rings (SSSR count). The minimum Gasteiger partial charge on any atom is -0.256 e. The number of halogens is 1. The summed E-state index contributed by atoms with van der Waals surface area (Å²) in [4.78, 5) is 0. The molecule has 0 aliphatic carbocycles. The Kier molecular flexibility index (Phi) is 9.20. The molecule has 6 heavy (non-hydrogen) atoms. The van der Waals surface area contributed by atoms with E-state index in [-0.39, 0.29) is 12.4 Å². The third-order valence-electron chi connectivity index (χ3n) is 0.0861. The second-order valence-electron chi connectivity index (χ2n) is 0.329. The van der Waals surface area contributed by atoms with E-state index in [0.29, 0.717) is 0 Å². The lowest BCUT2D eigenvalue weighted by Crippen LogP contribution is -1.63. The van der Waals surface area contributed by atoms with Crippen LogP contribution in [0, 0.1) is 0 Å². The Bertz CT molecular complexity index is 68.9. The van der Waals surface area contributed by atoms with Gasteiger partial charge < -0.3 is 0 Å². The van der Waals surface area contributed by atoms with Gasteiger partial charge in [-0.1, -0.05) is 0 Å². The van der Waals surface area contributed by atoms with Crippen LogP contribution in [0.25, 0.3) is 0 Å². The normalized spacial score (nSPS) is 7.67. The van der Waals surface area contributed by atoms with Crippen molar-refractivity contribution in [3.63, 3.8) is 0 Å². The van der Waals surface area contributed by atoms with Gasteiger partial charge in [-0.2, -0.15) is 0 Å². The molecule has 0 fully saturated rings. The van der Waals surface area contributed by atoms with Gasteiger partial charge in [0.15, 0.2) is 0 Å². The van der Waals surface area contributed by atoms with Gasteiger partial charge in [-0.05, 0) is 0 Å². The van der Waals surface area contributed by atoms with Crippen molar-refractivity contribution in [2.45, 2.75) is 0 Å². The molecule has 0 spiro atoms. The average Bonchev–Trinajstić information content (AvgIpc) is 1.38. The zero-order valence-corrected chi connectivity index (χ0v) is 5.52. The third-order valence-corrected chi connectivity index (χ3v) is 0.775. The van der Waals surface area contributed by atoms with Gasteiger partial charge in [-0.3, -0.25) is 3.97 Å². The van der Waals surface area contributed by atoms with Crippen LogP contribution < -0.4 is 0 Å². The summed E-state index contributed by atoms with van der Waals surface area (Å²) < 4.78 is 21.9. The van der Waals surface area contributed by atoms with Crippen molar-refractivity contribution in [1.29, 1.82) is 0 Å². The van der Waals surface area contributed by atoms with Crippen LogP contribution >= 0.6 is 21.9 Å². The van der Waals surface area contributed by atoms with Crippen LogP contribution in [0.2, 0.25) is 0 Å². The van der Waals surface area contributed by atoms with Gasteiger partial charge >= 0.3 is 0 Å². The highest BCUT2D eigenvalue weighted by Crippen LogP contribution is 1.78. The van der Waals surface area contributed by atoms with Crippen molar-refractivity contribution in [3.05, 3.63) is 0 Å². The van der Waals surface area contributed by atoms with E-state index < -0.39 is 11.0 Å². The Morgan fingerprint density at radius 1 is 1.50 bits per heavy atom. The van der Waals surface area contributed by atoms with Gasteiger partial charge in [-0.25, -0.2) is 8.42 Å². The highest BCUT2D eigenvalue weighted by atomic mass is 35.5. The van der Waals surface area contributed by atoms with E-state index in [1.807, 2.05) is 0 Å². The summed E-state index contributed by atoms with van der Waals surface area (Å²) in [6.45, 7) is 0. The lowest BCUT2D eigenvalue weighted by Gasteiger charge is -1.66. The van der Waals surface area contributed by atoms with Gasteiger partial charge in [0.2, 0.25) is 0 Å². The van der Waals surface area contributed by atoms with E-state index in [4.69, 9.17) is 8.42 Å². The first kappa shape index (κ1) is 9.80. The van der Waals surface area contributed by atoms with Gasteiger partial charge in [0, 0.05) is 9.47 Å². The van der Waals surface area contributed by atoms with Gasteiger partial charge in [0.25, 0.3) is 11.0 Å². The van der Waals surface area contributed by atoms with E-state index in [1.54, 1.807) is 9.47 Å². The number of thiol groups is 1. The molecule has 0 aliphatic heterocycles. The molecule has 6 heteroatoms. The van der Waals surface area contributed by atoms with Crippen LogP contribution in [0.15, 0.2) is 0 Å². The van der Waals surface area contributed by atoms with E-state index in [9.17, 15) is 0 Å². The maximum Gasteiger partial charge on any atom is 0.259 e. The lowest BCUT2D eigenvalue weighted by atomic mass is 15.8. The van der Waals surface area contributed by atoms with Crippen molar-refractivity contribution in [2.75, 3.05) is 0 Å². The van der Waals surface area contributed by atoms with Crippen LogP contribution in [0.1, 0.15) is 0 Å². The zero-order chi connectivity index (χ0) is 4.28. The maximum atomic E-state index is 9.16. The van der Waals surface area contributed by atoms with Crippen molar-refractivity contribution in [2.24, 2.45) is 0 Å². The summed E-state index contributed by atoms with van der Waals surface area (Å²) in [5.41, 5.74) is 0. The molecule has 0 radical (unpaired) electrons. The largest absolute Gasteiger partial charge is 0.259 e. The molecule has 0 aromatic carbocycles. The standard InChI is InChI=1S/ClH.H3O3PS/c;1-5(2)3-4/h1H;5H,4H2. The summed E-state index contributed by atoms with van der Waals surface area (Å²) in [5, 5.41) is 0. The summed E-state index contributed by atoms with van der Waals surface area (Å²) in [6.07, 6.45) is 0. The number of hydrogen-bond donors (Lipinski definition) is 1. The van der Waals surface area contributed by atoms with E-state index in [1.165, 1.54) is 0 Å². The van der Waals surface area contributed by atoms with E-state index >= 15 is 0 Å². The second kappa shape index (κ2) is 5.63. The molecule has 0 aromatic rings. The molecule has 1 unspecified atom stereocenters. The molecule has 0 heterocycles. The Balaban J connectivity index is 0. The Morgan fingerprint density at radius 2 is 1.67 bits per heavy atom. The smallest absolute Gasteiger partial charge is 0.256 e. The monoisotopic (exact) mass is 150 g/mol. The van der Waals surface area contributed by atoms with Crippen LogP contribution in [0.4, 0.5) is 0 Å². The fourth-order valence-electron chi connectivity index (χ4n) is 0. The van der Waals surface area contributed by atoms with Gasteiger partial charge in [0.05, 0.1) is 0 Å². The van der Waals surface area contributed by atoms with Crippen LogP contribution in [-0.4, -0.2) is 8.42 Å². The first-order valence-corrected chi connectivity index (χ1v) is 2.35. The first-order valence-electron chi connectivity index (χ1n) is 0.783. The maximum absolute atomic E-state index is 9.16. The van der Waals surface area contributed by atoms with Crippen molar-refractivity contribution in [3.8, 4) is 0 Å². The first-order chi connectivity index (χ1) is 2.27. The summed E-state index contributed by atoms with van der Waals surface area (Å²) in [7, 11) is -1.04. The minimum atomic E-state index is -2.64. The summed E-state index contributed by atoms with van der Waals surface area (Å²) >= 11 is 0. The molecule has 0 saturated carbocycles. The quantitative estimate of drug-likeness (QED) is 0.414. The molecule has 0 N–H and O–H groups in total. The van der Waals surface area contributed by atoms with E-state index in [0.717, 1.165) is 0 Å². The highest BCUT2D eigenvalue weighted by Gasteiger charge is 1.62. The van der Waals surface area contributed by atoms with Gasteiger partial charge in [0.1, 0.15) is 0 Å². The molecule has 0 bridgehead atoms. The molecule has 3 nitrogen and oxygen atoms in total. The molecule has 40 valence electrons. The van der Waals surface area contributed by atoms with Crippen LogP contribution in [0.3, 0.4) is 0 Å². The van der Waals surface area contributed by atoms with Crippen molar-refractivity contribution in [1.82, 2.24) is 0 Å².